The molecule has 1 amide bonds. The molecule has 0 radical (unpaired) electrons. The highest BCUT2D eigenvalue weighted by molar-refractivity contribution is 7.98. The van der Waals surface area contributed by atoms with Crippen LogP contribution in [0.4, 0.5) is 5.69 Å². The zero-order valence-electron chi connectivity index (χ0n) is 13.9. The van der Waals surface area contributed by atoms with Crippen molar-refractivity contribution in [3.63, 3.8) is 0 Å². The summed E-state index contributed by atoms with van der Waals surface area (Å²) in [6, 6.07) is 14.6. The number of hydrogen-bond acceptors (Lipinski definition) is 4. The lowest BCUT2D eigenvalue weighted by Crippen LogP contribution is -2.13. The van der Waals surface area contributed by atoms with Crippen molar-refractivity contribution in [2.24, 2.45) is 0 Å². The molecule has 0 saturated heterocycles. The Bertz CT molecular complexity index is 698. The van der Waals surface area contributed by atoms with Gasteiger partial charge >= 0.3 is 0 Å². The Balaban J connectivity index is 1.85. The number of anilines is 1. The third kappa shape index (κ3) is 5.42. The average Bonchev–Trinajstić information content (AvgIpc) is 2.61. The van der Waals surface area contributed by atoms with Crippen LogP contribution in [-0.4, -0.2) is 24.6 Å². The lowest BCUT2D eigenvalue weighted by Gasteiger charge is -2.07. The first-order chi connectivity index (χ1) is 11.6. The van der Waals surface area contributed by atoms with Gasteiger partial charge in [0.15, 0.2) is 5.78 Å². The van der Waals surface area contributed by atoms with Crippen molar-refractivity contribution in [2.75, 3.05) is 18.2 Å². The van der Waals surface area contributed by atoms with E-state index in [-0.39, 0.29) is 24.5 Å². The lowest BCUT2D eigenvalue weighted by atomic mass is 10.1. The second-order valence-corrected chi connectivity index (χ2v) is 6.04. The summed E-state index contributed by atoms with van der Waals surface area (Å²) < 4.78 is 5.35. The molecule has 126 valence electrons. The summed E-state index contributed by atoms with van der Waals surface area (Å²) in [6.07, 6.45) is 2.33. The van der Waals surface area contributed by atoms with Crippen LogP contribution in [0.2, 0.25) is 0 Å². The third-order valence-electron chi connectivity index (χ3n) is 3.42. The predicted octanol–water partition coefficient (Wildman–Crippen LogP) is 4.41. The van der Waals surface area contributed by atoms with Crippen LogP contribution in [0.3, 0.4) is 0 Å². The number of carbonyl (C=O) groups is 2. The van der Waals surface area contributed by atoms with Gasteiger partial charge in [-0.3, -0.25) is 9.59 Å². The number of rotatable bonds is 8. The van der Waals surface area contributed by atoms with Crippen LogP contribution in [0.25, 0.3) is 0 Å². The Morgan fingerprint density at radius 1 is 1.08 bits per heavy atom. The van der Waals surface area contributed by atoms with Gasteiger partial charge in [0.2, 0.25) is 5.91 Å². The number of amides is 1. The first-order valence-corrected chi connectivity index (χ1v) is 9.05. The van der Waals surface area contributed by atoms with Gasteiger partial charge in [0, 0.05) is 29.0 Å². The van der Waals surface area contributed by atoms with Gasteiger partial charge in [-0.25, -0.2) is 0 Å². The zero-order valence-corrected chi connectivity index (χ0v) is 14.7. The molecule has 2 rings (SSSR count). The number of thioether (sulfide) groups is 1. The Morgan fingerprint density at radius 2 is 1.83 bits per heavy atom. The molecule has 0 bridgehead atoms. The molecule has 0 aromatic heterocycles. The fraction of sp³-hybridized carbons (Fsp3) is 0.263. The molecule has 0 heterocycles. The molecule has 0 spiro atoms. The van der Waals surface area contributed by atoms with E-state index in [2.05, 4.69) is 5.32 Å². The quantitative estimate of drug-likeness (QED) is 0.570. The minimum atomic E-state index is -0.160. The second-order valence-electron chi connectivity index (χ2n) is 5.16. The molecule has 0 aliphatic heterocycles. The highest BCUT2D eigenvalue weighted by Crippen LogP contribution is 2.19. The Labute approximate surface area is 146 Å². The van der Waals surface area contributed by atoms with E-state index in [9.17, 15) is 9.59 Å². The van der Waals surface area contributed by atoms with Crippen LogP contribution in [0.1, 0.15) is 30.1 Å². The molecule has 2 aromatic rings. The molecular formula is C19H21NO3S. The summed E-state index contributed by atoms with van der Waals surface area (Å²) in [5, 5.41) is 2.82. The van der Waals surface area contributed by atoms with Crippen LogP contribution in [0.5, 0.6) is 5.75 Å². The fourth-order valence-electron chi connectivity index (χ4n) is 2.20. The maximum atomic E-state index is 12.1. The topological polar surface area (TPSA) is 55.4 Å². The van der Waals surface area contributed by atoms with Gasteiger partial charge in [-0.05, 0) is 55.6 Å². The molecule has 1 N–H and O–H groups in total. The maximum absolute atomic E-state index is 12.1. The van der Waals surface area contributed by atoms with Crippen molar-refractivity contribution in [2.45, 2.75) is 24.7 Å². The highest BCUT2D eigenvalue weighted by Gasteiger charge is 2.10. The zero-order chi connectivity index (χ0) is 17.4. The number of ether oxygens (including phenoxy) is 1. The molecule has 0 saturated carbocycles. The first-order valence-electron chi connectivity index (χ1n) is 7.82. The lowest BCUT2D eigenvalue weighted by molar-refractivity contribution is -0.116. The standard InChI is InChI=1S/C19H21NO3S/c1-3-23-16-9-7-14(8-10-16)18(21)11-12-19(22)20-15-5-4-6-17(13-15)24-2/h4-10,13H,3,11-12H2,1-2H3,(H,20,22). The van der Waals surface area contributed by atoms with E-state index in [1.54, 1.807) is 36.0 Å². The molecule has 4 nitrogen and oxygen atoms in total. The highest BCUT2D eigenvalue weighted by atomic mass is 32.2. The van der Waals surface area contributed by atoms with Gasteiger partial charge < -0.3 is 10.1 Å². The van der Waals surface area contributed by atoms with E-state index in [0.717, 1.165) is 16.3 Å². The van der Waals surface area contributed by atoms with E-state index in [1.165, 1.54) is 0 Å². The van der Waals surface area contributed by atoms with Gasteiger partial charge in [-0.1, -0.05) is 6.07 Å². The number of carbonyl (C=O) groups excluding carboxylic acids is 2. The smallest absolute Gasteiger partial charge is 0.224 e. The molecule has 0 aliphatic carbocycles. The van der Waals surface area contributed by atoms with Gasteiger partial charge in [0.05, 0.1) is 6.61 Å². The Morgan fingerprint density at radius 3 is 2.50 bits per heavy atom. The summed E-state index contributed by atoms with van der Waals surface area (Å²) in [5.41, 5.74) is 1.34. The molecule has 0 aliphatic rings. The summed E-state index contributed by atoms with van der Waals surface area (Å²) in [4.78, 5) is 25.2. The van der Waals surface area contributed by atoms with E-state index >= 15 is 0 Å². The molecule has 0 fully saturated rings. The van der Waals surface area contributed by atoms with Crippen LogP contribution >= 0.6 is 11.8 Å². The first kappa shape index (κ1) is 18.1. The van der Waals surface area contributed by atoms with Crippen molar-refractivity contribution >= 4 is 29.1 Å². The van der Waals surface area contributed by atoms with Gasteiger partial charge in [-0.2, -0.15) is 0 Å². The largest absolute Gasteiger partial charge is 0.494 e. The van der Waals surface area contributed by atoms with E-state index < -0.39 is 0 Å². The van der Waals surface area contributed by atoms with Crippen molar-refractivity contribution in [1.29, 1.82) is 0 Å². The van der Waals surface area contributed by atoms with Gasteiger partial charge in [0.25, 0.3) is 0 Å². The summed E-state index contributed by atoms with van der Waals surface area (Å²) in [6.45, 7) is 2.50. The minimum Gasteiger partial charge on any atom is -0.494 e. The van der Waals surface area contributed by atoms with E-state index in [0.29, 0.717) is 12.2 Å². The predicted molar refractivity (Wildman–Crippen MR) is 98.0 cm³/mol. The number of hydrogen-bond donors (Lipinski definition) is 1. The Kier molecular flexibility index (Phi) is 6.88. The normalized spacial score (nSPS) is 10.2. The van der Waals surface area contributed by atoms with Crippen molar-refractivity contribution in [3.05, 3.63) is 54.1 Å². The van der Waals surface area contributed by atoms with E-state index in [1.807, 2.05) is 37.4 Å². The second kappa shape index (κ2) is 9.13. The molecule has 24 heavy (non-hydrogen) atoms. The fourth-order valence-corrected chi connectivity index (χ4v) is 2.66. The maximum Gasteiger partial charge on any atom is 0.224 e. The van der Waals surface area contributed by atoms with Gasteiger partial charge in [-0.15, -0.1) is 11.8 Å². The molecule has 0 unspecified atom stereocenters. The van der Waals surface area contributed by atoms with E-state index in [4.69, 9.17) is 4.74 Å². The van der Waals surface area contributed by atoms with Crippen LogP contribution < -0.4 is 10.1 Å². The van der Waals surface area contributed by atoms with Crippen molar-refractivity contribution < 1.29 is 14.3 Å². The number of nitrogens with one attached hydrogen (secondary N) is 1. The van der Waals surface area contributed by atoms with Crippen LogP contribution in [0.15, 0.2) is 53.4 Å². The third-order valence-corrected chi connectivity index (χ3v) is 4.15. The van der Waals surface area contributed by atoms with Gasteiger partial charge in [0.1, 0.15) is 5.75 Å². The number of Topliss-reactive ketones (excluding diaryl/α,β-unsaturated/α-hetero) is 1. The number of ketones is 1. The molecule has 0 atom stereocenters. The Hall–Kier alpha value is -2.27. The SMILES string of the molecule is CCOc1ccc(C(=O)CCC(=O)Nc2cccc(SC)c2)cc1. The summed E-state index contributed by atoms with van der Waals surface area (Å²) in [7, 11) is 0. The van der Waals surface area contributed by atoms with Crippen LogP contribution in [-0.2, 0) is 4.79 Å². The molecule has 5 heteroatoms. The van der Waals surface area contributed by atoms with Crippen molar-refractivity contribution in [3.8, 4) is 5.75 Å². The summed E-state index contributed by atoms with van der Waals surface area (Å²) in [5.74, 6) is 0.527. The minimum absolute atomic E-state index is 0.0499. The summed E-state index contributed by atoms with van der Waals surface area (Å²) >= 11 is 1.61. The monoisotopic (exact) mass is 343 g/mol. The molecule has 2 aromatic carbocycles. The molecular weight excluding hydrogens is 322 g/mol. The average molecular weight is 343 g/mol. The number of benzene rings is 2. The van der Waals surface area contributed by atoms with Crippen LogP contribution in [0, 0.1) is 0 Å². The van der Waals surface area contributed by atoms with Crippen molar-refractivity contribution in [1.82, 2.24) is 0 Å².